The van der Waals surface area contributed by atoms with Gasteiger partial charge in [0.05, 0.1) is 18.8 Å². The van der Waals surface area contributed by atoms with Gasteiger partial charge in [-0.3, -0.25) is 9.88 Å². The number of nitrogens with zero attached hydrogens (tertiary/aromatic N) is 2. The molecule has 1 aromatic carbocycles. The lowest BCUT2D eigenvalue weighted by atomic mass is 9.97. The van der Waals surface area contributed by atoms with E-state index in [9.17, 15) is 0 Å². The molecule has 0 spiro atoms. The Labute approximate surface area is 119 Å². The summed E-state index contributed by atoms with van der Waals surface area (Å²) in [7, 11) is 0. The van der Waals surface area contributed by atoms with Crippen LogP contribution in [0.1, 0.15) is 18.5 Å². The molecule has 4 heteroatoms. The summed E-state index contributed by atoms with van der Waals surface area (Å²) in [5.74, 6) is 0. The Bertz CT molecular complexity index is 581. The Morgan fingerprint density at radius 2 is 2.25 bits per heavy atom. The third-order valence-corrected chi connectivity index (χ3v) is 4.08. The molecule has 0 saturated carbocycles. The van der Waals surface area contributed by atoms with Crippen LogP contribution in [0.4, 0.5) is 0 Å². The molecule has 2 aromatic rings. The molecule has 1 aliphatic rings. The molecular formula is C16H21N3O. The van der Waals surface area contributed by atoms with E-state index in [0.717, 1.165) is 37.2 Å². The van der Waals surface area contributed by atoms with Crippen molar-refractivity contribution in [3.05, 3.63) is 42.2 Å². The molecular weight excluding hydrogens is 250 g/mol. The van der Waals surface area contributed by atoms with Gasteiger partial charge in [-0.25, -0.2) is 0 Å². The SMILES string of the molecule is CCN1CCOC(C(N)c2cncc3ccccc23)C1. The van der Waals surface area contributed by atoms with Crippen LogP contribution in [0.3, 0.4) is 0 Å². The number of hydrogen-bond acceptors (Lipinski definition) is 4. The fraction of sp³-hybridized carbons (Fsp3) is 0.438. The summed E-state index contributed by atoms with van der Waals surface area (Å²) in [4.78, 5) is 6.70. The van der Waals surface area contributed by atoms with E-state index in [1.54, 1.807) is 0 Å². The van der Waals surface area contributed by atoms with Crippen molar-refractivity contribution in [2.24, 2.45) is 5.73 Å². The van der Waals surface area contributed by atoms with E-state index in [4.69, 9.17) is 10.5 Å². The van der Waals surface area contributed by atoms with Crippen molar-refractivity contribution in [2.45, 2.75) is 19.1 Å². The molecule has 20 heavy (non-hydrogen) atoms. The monoisotopic (exact) mass is 271 g/mol. The molecule has 0 bridgehead atoms. The number of hydrogen-bond donors (Lipinski definition) is 1. The highest BCUT2D eigenvalue weighted by molar-refractivity contribution is 5.85. The number of benzene rings is 1. The number of aromatic nitrogens is 1. The molecule has 1 aliphatic heterocycles. The molecule has 3 rings (SSSR count). The zero-order valence-electron chi connectivity index (χ0n) is 11.8. The van der Waals surface area contributed by atoms with Crippen molar-refractivity contribution >= 4 is 10.8 Å². The predicted octanol–water partition coefficient (Wildman–Crippen LogP) is 1.96. The molecule has 2 atom stereocenters. The average Bonchev–Trinajstić information content (AvgIpc) is 2.53. The molecule has 106 valence electrons. The van der Waals surface area contributed by atoms with Crippen molar-refractivity contribution < 1.29 is 4.74 Å². The van der Waals surface area contributed by atoms with Gasteiger partial charge in [0, 0.05) is 30.9 Å². The van der Waals surface area contributed by atoms with Gasteiger partial charge in [0.1, 0.15) is 0 Å². The first kappa shape index (κ1) is 13.5. The van der Waals surface area contributed by atoms with Gasteiger partial charge in [0.25, 0.3) is 0 Å². The van der Waals surface area contributed by atoms with E-state index < -0.39 is 0 Å². The van der Waals surface area contributed by atoms with Crippen molar-refractivity contribution in [3.63, 3.8) is 0 Å². The minimum Gasteiger partial charge on any atom is -0.374 e. The van der Waals surface area contributed by atoms with E-state index in [0.29, 0.717) is 0 Å². The summed E-state index contributed by atoms with van der Waals surface area (Å²) in [6, 6.07) is 8.10. The van der Waals surface area contributed by atoms with E-state index in [1.807, 2.05) is 24.5 Å². The van der Waals surface area contributed by atoms with E-state index in [2.05, 4.69) is 28.9 Å². The van der Waals surface area contributed by atoms with Gasteiger partial charge in [-0.15, -0.1) is 0 Å². The molecule has 0 radical (unpaired) electrons. The predicted molar refractivity (Wildman–Crippen MR) is 80.5 cm³/mol. The number of ether oxygens (including phenoxy) is 1. The van der Waals surface area contributed by atoms with Gasteiger partial charge in [-0.05, 0) is 17.5 Å². The Kier molecular flexibility index (Phi) is 3.96. The van der Waals surface area contributed by atoms with Crippen LogP contribution in [0.15, 0.2) is 36.7 Å². The molecule has 1 saturated heterocycles. The van der Waals surface area contributed by atoms with Crippen LogP contribution >= 0.6 is 0 Å². The maximum atomic E-state index is 6.46. The lowest BCUT2D eigenvalue weighted by Crippen LogP contribution is -2.46. The number of rotatable bonds is 3. The smallest absolute Gasteiger partial charge is 0.0895 e. The van der Waals surface area contributed by atoms with Crippen LogP contribution in [0.2, 0.25) is 0 Å². The van der Waals surface area contributed by atoms with Crippen LogP contribution in [0, 0.1) is 0 Å². The van der Waals surface area contributed by atoms with Crippen LogP contribution in [0.25, 0.3) is 10.8 Å². The summed E-state index contributed by atoms with van der Waals surface area (Å²) < 4.78 is 5.88. The maximum Gasteiger partial charge on any atom is 0.0895 e. The van der Waals surface area contributed by atoms with Crippen LogP contribution in [-0.4, -0.2) is 42.2 Å². The number of likely N-dealkylation sites (N-methyl/N-ethyl adjacent to an activating group) is 1. The minimum absolute atomic E-state index is 0.0382. The van der Waals surface area contributed by atoms with Crippen LogP contribution < -0.4 is 5.73 Å². The van der Waals surface area contributed by atoms with E-state index in [-0.39, 0.29) is 12.1 Å². The largest absolute Gasteiger partial charge is 0.374 e. The standard InChI is InChI=1S/C16H21N3O/c1-2-19-7-8-20-15(11-19)16(17)14-10-18-9-12-5-3-4-6-13(12)14/h3-6,9-10,15-16H,2,7-8,11,17H2,1H3. The second kappa shape index (κ2) is 5.87. The number of fused-ring (bicyclic) bond motifs is 1. The van der Waals surface area contributed by atoms with Crippen LogP contribution in [-0.2, 0) is 4.74 Å². The topological polar surface area (TPSA) is 51.4 Å². The molecule has 4 nitrogen and oxygen atoms in total. The average molecular weight is 271 g/mol. The van der Waals surface area contributed by atoms with E-state index >= 15 is 0 Å². The molecule has 1 aromatic heterocycles. The Hall–Kier alpha value is -1.49. The third kappa shape index (κ3) is 2.54. The summed E-state index contributed by atoms with van der Waals surface area (Å²) in [5, 5.41) is 2.30. The molecule has 0 aliphatic carbocycles. The van der Waals surface area contributed by atoms with Crippen molar-refractivity contribution in [1.82, 2.24) is 9.88 Å². The van der Waals surface area contributed by atoms with Gasteiger partial charge >= 0.3 is 0 Å². The van der Waals surface area contributed by atoms with Gasteiger partial charge in [-0.2, -0.15) is 0 Å². The first-order valence-corrected chi connectivity index (χ1v) is 7.21. The third-order valence-electron chi connectivity index (χ3n) is 4.08. The highest BCUT2D eigenvalue weighted by Gasteiger charge is 2.27. The molecule has 2 heterocycles. The maximum absolute atomic E-state index is 6.46. The summed E-state index contributed by atoms with van der Waals surface area (Å²) in [6.45, 7) is 5.85. The fourth-order valence-corrected chi connectivity index (χ4v) is 2.84. The Morgan fingerprint density at radius 3 is 3.10 bits per heavy atom. The number of nitrogens with two attached hydrogens (primary N) is 1. The zero-order valence-corrected chi connectivity index (χ0v) is 11.8. The number of pyridine rings is 1. The fourth-order valence-electron chi connectivity index (χ4n) is 2.84. The van der Waals surface area contributed by atoms with Crippen molar-refractivity contribution in [1.29, 1.82) is 0 Å². The Balaban J connectivity index is 1.90. The highest BCUT2D eigenvalue weighted by Crippen LogP contribution is 2.26. The van der Waals surface area contributed by atoms with Crippen molar-refractivity contribution in [2.75, 3.05) is 26.2 Å². The molecule has 1 fully saturated rings. The Morgan fingerprint density at radius 1 is 1.40 bits per heavy atom. The van der Waals surface area contributed by atoms with Crippen LogP contribution in [0.5, 0.6) is 0 Å². The lowest BCUT2D eigenvalue weighted by molar-refractivity contribution is -0.0391. The minimum atomic E-state index is -0.136. The summed E-state index contributed by atoms with van der Waals surface area (Å²) >= 11 is 0. The van der Waals surface area contributed by atoms with Gasteiger partial charge in [0.2, 0.25) is 0 Å². The second-order valence-corrected chi connectivity index (χ2v) is 5.28. The zero-order chi connectivity index (χ0) is 13.9. The van der Waals surface area contributed by atoms with Gasteiger partial charge < -0.3 is 10.5 Å². The summed E-state index contributed by atoms with van der Waals surface area (Å²) in [5.41, 5.74) is 7.54. The lowest BCUT2D eigenvalue weighted by Gasteiger charge is -2.35. The first-order chi connectivity index (χ1) is 9.79. The highest BCUT2D eigenvalue weighted by atomic mass is 16.5. The summed E-state index contributed by atoms with van der Waals surface area (Å²) in [6.07, 6.45) is 3.80. The first-order valence-electron chi connectivity index (χ1n) is 7.21. The normalized spacial score (nSPS) is 22.0. The van der Waals surface area contributed by atoms with Gasteiger partial charge in [0.15, 0.2) is 0 Å². The molecule has 2 unspecified atom stereocenters. The molecule has 2 N–H and O–H groups in total. The molecule has 0 amide bonds. The van der Waals surface area contributed by atoms with Gasteiger partial charge in [-0.1, -0.05) is 31.2 Å². The quantitative estimate of drug-likeness (QED) is 0.927. The van der Waals surface area contributed by atoms with E-state index in [1.165, 1.54) is 5.39 Å². The number of morpholine rings is 1. The van der Waals surface area contributed by atoms with Crippen molar-refractivity contribution in [3.8, 4) is 0 Å². The second-order valence-electron chi connectivity index (χ2n) is 5.28.